The largest absolute Gasteiger partial charge is 0.348 e. The van der Waals surface area contributed by atoms with Crippen LogP contribution in [0.25, 0.3) is 0 Å². The smallest absolute Gasteiger partial charge is 0.241 e. The van der Waals surface area contributed by atoms with Gasteiger partial charge in [-0.3, -0.25) is 9.10 Å². The maximum atomic E-state index is 13.0. The van der Waals surface area contributed by atoms with Crippen molar-refractivity contribution in [3.05, 3.63) is 63.9 Å². The third-order valence-electron chi connectivity index (χ3n) is 3.86. The second-order valence-electron chi connectivity index (χ2n) is 6.04. The minimum absolute atomic E-state index is 0.342. The topological polar surface area (TPSA) is 66.5 Å². The van der Waals surface area contributed by atoms with Crippen molar-refractivity contribution in [1.82, 2.24) is 5.32 Å². The average molecular weight is 443 g/mol. The third-order valence-corrected chi connectivity index (χ3v) is 5.89. The van der Waals surface area contributed by atoms with Gasteiger partial charge >= 0.3 is 0 Å². The lowest BCUT2D eigenvalue weighted by atomic mass is 10.1. The Hall–Kier alpha value is -1.93. The fourth-order valence-corrected chi connectivity index (χ4v) is 3.53. The molecule has 0 spiro atoms. The van der Waals surface area contributed by atoms with Gasteiger partial charge in [0.05, 0.1) is 18.0 Å². The number of hydrogen-bond acceptors (Lipinski definition) is 3. The van der Waals surface area contributed by atoms with Gasteiger partial charge in [-0.05, 0) is 55.3 Å². The second kappa shape index (κ2) is 8.18. The molecular weight excluding hydrogens is 423 g/mol. The fraction of sp³-hybridized carbons (Fsp3) is 0.278. The highest BCUT2D eigenvalue weighted by atomic mass is 79.9. The second-order valence-corrected chi connectivity index (χ2v) is 8.81. The molecule has 1 atom stereocenters. The van der Waals surface area contributed by atoms with Crippen LogP contribution in [0.1, 0.15) is 24.1 Å². The number of hydrogen-bond donors (Lipinski definition) is 1. The van der Waals surface area contributed by atoms with E-state index in [1.807, 2.05) is 6.92 Å². The summed E-state index contributed by atoms with van der Waals surface area (Å²) in [5, 5.41) is 2.74. The molecule has 0 saturated heterocycles. The van der Waals surface area contributed by atoms with Crippen LogP contribution in [0.3, 0.4) is 0 Å². The summed E-state index contributed by atoms with van der Waals surface area (Å²) in [5.41, 5.74) is 2.00. The van der Waals surface area contributed by atoms with Gasteiger partial charge in [0.15, 0.2) is 0 Å². The molecule has 140 valence electrons. The first-order chi connectivity index (χ1) is 12.1. The molecule has 0 bridgehead atoms. The van der Waals surface area contributed by atoms with E-state index in [1.165, 1.54) is 12.1 Å². The summed E-state index contributed by atoms with van der Waals surface area (Å²) in [4.78, 5) is 12.4. The van der Waals surface area contributed by atoms with Crippen LogP contribution in [0.15, 0.2) is 46.9 Å². The Labute approximate surface area is 161 Å². The predicted molar refractivity (Wildman–Crippen MR) is 104 cm³/mol. The van der Waals surface area contributed by atoms with Crippen molar-refractivity contribution in [2.45, 2.75) is 19.9 Å². The summed E-state index contributed by atoms with van der Waals surface area (Å²) in [6, 6.07) is 10.5. The molecule has 0 fully saturated rings. The van der Waals surface area contributed by atoms with Crippen LogP contribution in [-0.2, 0) is 14.8 Å². The van der Waals surface area contributed by atoms with Crippen molar-refractivity contribution in [3.8, 4) is 0 Å². The molecule has 8 heteroatoms. The third kappa shape index (κ3) is 5.28. The number of anilines is 1. The molecule has 0 heterocycles. The first-order valence-electron chi connectivity index (χ1n) is 7.86. The molecule has 1 N–H and O–H groups in total. The highest BCUT2D eigenvalue weighted by Crippen LogP contribution is 2.24. The van der Waals surface area contributed by atoms with Crippen LogP contribution in [0.5, 0.6) is 0 Å². The molecule has 0 saturated carbocycles. The van der Waals surface area contributed by atoms with Crippen molar-refractivity contribution in [2.24, 2.45) is 0 Å². The van der Waals surface area contributed by atoms with E-state index in [1.54, 1.807) is 37.3 Å². The first kappa shape index (κ1) is 20.4. The maximum absolute atomic E-state index is 13.0. The normalized spacial score (nSPS) is 12.5. The van der Waals surface area contributed by atoms with Gasteiger partial charge in [-0.2, -0.15) is 0 Å². The Morgan fingerprint density at radius 3 is 2.38 bits per heavy atom. The Balaban J connectivity index is 2.16. The van der Waals surface area contributed by atoms with E-state index in [9.17, 15) is 17.6 Å². The SMILES string of the molecule is Cc1cc(N(CC(=O)N[C@@H](C)c2ccc(F)cc2)S(C)(=O)=O)ccc1Br. The Morgan fingerprint density at radius 2 is 1.85 bits per heavy atom. The lowest BCUT2D eigenvalue weighted by Crippen LogP contribution is -2.41. The van der Waals surface area contributed by atoms with Gasteiger partial charge in [-0.1, -0.05) is 28.1 Å². The summed E-state index contributed by atoms with van der Waals surface area (Å²) in [6.45, 7) is 3.25. The minimum Gasteiger partial charge on any atom is -0.348 e. The lowest BCUT2D eigenvalue weighted by molar-refractivity contribution is -0.120. The molecular formula is C18H20BrFN2O3S. The molecule has 0 aliphatic carbocycles. The van der Waals surface area contributed by atoms with Gasteiger partial charge in [0.2, 0.25) is 15.9 Å². The van der Waals surface area contributed by atoms with Crippen LogP contribution < -0.4 is 9.62 Å². The van der Waals surface area contributed by atoms with Gasteiger partial charge in [0.25, 0.3) is 0 Å². The van der Waals surface area contributed by atoms with Crippen LogP contribution in [-0.4, -0.2) is 27.1 Å². The summed E-state index contributed by atoms with van der Waals surface area (Å²) in [6.07, 6.45) is 1.06. The predicted octanol–water partition coefficient (Wildman–Crippen LogP) is 3.54. The standard InChI is InChI=1S/C18H20BrFN2O3S/c1-12-10-16(8-9-17(12)19)22(26(3,24)25)11-18(23)21-13(2)14-4-6-15(20)7-5-14/h4-10,13H,11H2,1-3H3,(H,21,23)/t13-/m0/s1. The lowest BCUT2D eigenvalue weighted by Gasteiger charge is -2.24. The molecule has 0 aromatic heterocycles. The first-order valence-corrected chi connectivity index (χ1v) is 10.5. The molecule has 5 nitrogen and oxygen atoms in total. The molecule has 26 heavy (non-hydrogen) atoms. The monoisotopic (exact) mass is 442 g/mol. The van der Waals surface area contributed by atoms with Gasteiger partial charge < -0.3 is 5.32 Å². The number of sulfonamides is 1. The molecule has 0 radical (unpaired) electrons. The van der Waals surface area contributed by atoms with E-state index in [2.05, 4.69) is 21.2 Å². The minimum atomic E-state index is -3.64. The van der Waals surface area contributed by atoms with Gasteiger partial charge in [-0.25, -0.2) is 12.8 Å². The highest BCUT2D eigenvalue weighted by Gasteiger charge is 2.22. The van der Waals surface area contributed by atoms with Crippen LogP contribution >= 0.6 is 15.9 Å². The number of carbonyl (C=O) groups excluding carboxylic acids is 1. The van der Waals surface area contributed by atoms with Crippen molar-refractivity contribution >= 4 is 37.5 Å². The van der Waals surface area contributed by atoms with Crippen molar-refractivity contribution < 1.29 is 17.6 Å². The van der Waals surface area contributed by atoms with E-state index >= 15 is 0 Å². The zero-order valence-corrected chi connectivity index (χ0v) is 17.1. The van der Waals surface area contributed by atoms with E-state index in [0.29, 0.717) is 5.69 Å². The highest BCUT2D eigenvalue weighted by molar-refractivity contribution is 9.10. The molecule has 2 aromatic rings. The van der Waals surface area contributed by atoms with Gasteiger partial charge in [0.1, 0.15) is 12.4 Å². The van der Waals surface area contributed by atoms with E-state index in [0.717, 1.165) is 26.2 Å². The number of amides is 1. The van der Waals surface area contributed by atoms with E-state index in [-0.39, 0.29) is 18.4 Å². The Morgan fingerprint density at radius 1 is 1.23 bits per heavy atom. The van der Waals surface area contributed by atoms with Crippen LogP contribution in [0.4, 0.5) is 10.1 Å². The number of rotatable bonds is 6. The molecule has 2 aromatic carbocycles. The summed E-state index contributed by atoms with van der Waals surface area (Å²) in [7, 11) is -3.64. The van der Waals surface area contributed by atoms with E-state index in [4.69, 9.17) is 0 Å². The van der Waals surface area contributed by atoms with Crippen molar-refractivity contribution in [1.29, 1.82) is 0 Å². The summed E-state index contributed by atoms with van der Waals surface area (Å²) in [5.74, 6) is -0.811. The zero-order valence-electron chi connectivity index (χ0n) is 14.7. The maximum Gasteiger partial charge on any atom is 0.241 e. The number of nitrogens with zero attached hydrogens (tertiary/aromatic N) is 1. The van der Waals surface area contributed by atoms with Crippen molar-refractivity contribution in [2.75, 3.05) is 17.1 Å². The fourth-order valence-electron chi connectivity index (χ4n) is 2.44. The molecule has 0 aliphatic rings. The summed E-state index contributed by atoms with van der Waals surface area (Å²) >= 11 is 3.37. The molecule has 0 aliphatic heterocycles. The molecule has 0 unspecified atom stereocenters. The average Bonchev–Trinajstić information content (AvgIpc) is 2.55. The van der Waals surface area contributed by atoms with Gasteiger partial charge in [0, 0.05) is 4.47 Å². The number of benzene rings is 2. The van der Waals surface area contributed by atoms with E-state index < -0.39 is 15.9 Å². The van der Waals surface area contributed by atoms with Crippen LogP contribution in [0, 0.1) is 12.7 Å². The number of carbonyl (C=O) groups is 1. The number of halogens is 2. The number of aryl methyl sites for hydroxylation is 1. The Kier molecular flexibility index (Phi) is 6.41. The zero-order chi connectivity index (χ0) is 19.5. The quantitative estimate of drug-likeness (QED) is 0.743. The molecule has 2 rings (SSSR count). The van der Waals surface area contributed by atoms with Gasteiger partial charge in [-0.15, -0.1) is 0 Å². The number of nitrogens with one attached hydrogen (secondary N) is 1. The Bertz CT molecular complexity index is 901. The summed E-state index contributed by atoms with van der Waals surface area (Å²) < 4.78 is 39.2. The van der Waals surface area contributed by atoms with Crippen LogP contribution in [0.2, 0.25) is 0 Å². The molecule has 1 amide bonds. The van der Waals surface area contributed by atoms with Crippen molar-refractivity contribution in [3.63, 3.8) is 0 Å².